The van der Waals surface area contributed by atoms with E-state index in [-0.39, 0.29) is 27.7 Å². The Kier molecular flexibility index (Phi) is 6.27. The van der Waals surface area contributed by atoms with Crippen LogP contribution in [0.1, 0.15) is 16.8 Å². The highest BCUT2D eigenvalue weighted by Crippen LogP contribution is 2.28. The lowest BCUT2D eigenvalue weighted by atomic mass is 10.2. The quantitative estimate of drug-likeness (QED) is 0.651. The number of halogens is 2. The number of carbonyl (C=O) groups is 2. The maximum absolute atomic E-state index is 13.0. The van der Waals surface area contributed by atoms with Crippen LogP contribution in [0.5, 0.6) is 0 Å². The maximum Gasteiger partial charge on any atom is 0.337 e. The monoisotopic (exact) mass is 461 g/mol. The van der Waals surface area contributed by atoms with Gasteiger partial charge in [0.25, 0.3) is 10.0 Å². The van der Waals surface area contributed by atoms with Crippen molar-refractivity contribution in [2.45, 2.75) is 11.3 Å². The number of nitrogens with zero attached hydrogens (tertiary/aromatic N) is 1. The van der Waals surface area contributed by atoms with E-state index < -0.39 is 28.4 Å². The van der Waals surface area contributed by atoms with Crippen LogP contribution < -0.4 is 4.31 Å². The summed E-state index contributed by atoms with van der Waals surface area (Å²) in [5.41, 5.74) is -0.272. The molecule has 0 atom stereocenters. The third-order valence-corrected chi connectivity index (χ3v) is 6.10. The van der Waals surface area contributed by atoms with Crippen molar-refractivity contribution < 1.29 is 28.2 Å². The van der Waals surface area contributed by atoms with Crippen molar-refractivity contribution in [1.82, 2.24) is 0 Å². The third kappa shape index (κ3) is 4.54. The van der Waals surface area contributed by atoms with Crippen molar-refractivity contribution in [3.63, 3.8) is 0 Å². The predicted molar refractivity (Wildman–Crippen MR) is 99.3 cm³/mol. The van der Waals surface area contributed by atoms with Gasteiger partial charge in [-0.05, 0) is 42.5 Å². The van der Waals surface area contributed by atoms with Gasteiger partial charge in [-0.3, -0.25) is 9.10 Å². The molecule has 0 heterocycles. The van der Waals surface area contributed by atoms with Crippen LogP contribution in [0.4, 0.5) is 5.69 Å². The summed E-state index contributed by atoms with van der Waals surface area (Å²) >= 11 is 9.04. The lowest BCUT2D eigenvalue weighted by Crippen LogP contribution is -2.33. The number of anilines is 1. The minimum absolute atomic E-state index is 0.0102. The first kappa shape index (κ1) is 20.2. The van der Waals surface area contributed by atoms with Gasteiger partial charge in [-0.2, -0.15) is 0 Å². The van der Waals surface area contributed by atoms with E-state index in [1.165, 1.54) is 36.4 Å². The summed E-state index contributed by atoms with van der Waals surface area (Å²) in [5.74, 6) is -2.51. The minimum Gasteiger partial charge on any atom is -0.481 e. The van der Waals surface area contributed by atoms with Crippen molar-refractivity contribution >= 4 is 55.2 Å². The molecular weight excluding hydrogens is 450 g/mol. The van der Waals surface area contributed by atoms with Crippen molar-refractivity contribution in [2.75, 3.05) is 10.8 Å². The number of aliphatic carboxylic acids is 1. The molecule has 0 bridgehead atoms. The fourth-order valence-electron chi connectivity index (χ4n) is 2.15. The van der Waals surface area contributed by atoms with E-state index in [0.29, 0.717) is 4.47 Å². The van der Waals surface area contributed by atoms with Gasteiger partial charge in [-0.1, -0.05) is 27.5 Å². The summed E-state index contributed by atoms with van der Waals surface area (Å²) < 4.78 is 27.4. The number of carboxylic acid groups (broad SMARTS) is 2. The Hall–Kier alpha value is -2.10. The van der Waals surface area contributed by atoms with Crippen LogP contribution in [-0.2, 0) is 14.8 Å². The highest BCUT2D eigenvalue weighted by Gasteiger charge is 2.26. The normalized spacial score (nSPS) is 11.2. The van der Waals surface area contributed by atoms with E-state index in [1.54, 1.807) is 0 Å². The molecule has 0 saturated carbocycles. The molecule has 138 valence electrons. The van der Waals surface area contributed by atoms with Crippen LogP contribution in [0.3, 0.4) is 0 Å². The summed E-state index contributed by atoms with van der Waals surface area (Å²) in [4.78, 5) is 22.1. The zero-order chi connectivity index (χ0) is 19.5. The van der Waals surface area contributed by atoms with Gasteiger partial charge in [-0.15, -0.1) is 0 Å². The average Bonchev–Trinajstić information content (AvgIpc) is 2.56. The van der Waals surface area contributed by atoms with Gasteiger partial charge in [0, 0.05) is 11.0 Å². The second-order valence-corrected chi connectivity index (χ2v) is 8.33. The molecule has 26 heavy (non-hydrogen) atoms. The SMILES string of the molecule is O=C(O)CCN(c1ccc(Cl)c(C(=O)O)c1)S(=O)(=O)c1ccc(Br)cc1. The molecule has 0 aliphatic heterocycles. The van der Waals surface area contributed by atoms with Gasteiger partial charge in [0.15, 0.2) is 0 Å². The molecule has 2 aromatic rings. The second kappa shape index (κ2) is 8.07. The Morgan fingerprint density at radius 3 is 2.23 bits per heavy atom. The fourth-order valence-corrected chi connectivity index (χ4v) is 4.07. The van der Waals surface area contributed by atoms with E-state index in [9.17, 15) is 23.1 Å². The summed E-state index contributed by atoms with van der Waals surface area (Å²) in [5, 5.41) is 18.1. The van der Waals surface area contributed by atoms with Gasteiger partial charge < -0.3 is 10.2 Å². The zero-order valence-electron chi connectivity index (χ0n) is 13.1. The molecule has 0 saturated heterocycles. The van der Waals surface area contributed by atoms with Gasteiger partial charge in [-0.25, -0.2) is 13.2 Å². The molecule has 0 aliphatic carbocycles. The Labute approximate surface area is 163 Å². The Bertz CT molecular complexity index is 946. The molecule has 2 aromatic carbocycles. The Morgan fingerprint density at radius 1 is 1.08 bits per heavy atom. The van der Waals surface area contributed by atoms with Gasteiger partial charge >= 0.3 is 11.9 Å². The van der Waals surface area contributed by atoms with E-state index >= 15 is 0 Å². The summed E-state index contributed by atoms with van der Waals surface area (Å²) in [6.45, 7) is -0.367. The highest BCUT2D eigenvalue weighted by molar-refractivity contribution is 9.10. The highest BCUT2D eigenvalue weighted by atomic mass is 79.9. The summed E-state index contributed by atoms with van der Waals surface area (Å²) in [7, 11) is -4.11. The Balaban J connectivity index is 2.56. The first-order valence-corrected chi connectivity index (χ1v) is 9.77. The molecule has 10 heteroatoms. The number of hydrogen-bond donors (Lipinski definition) is 2. The van der Waals surface area contributed by atoms with Crippen molar-refractivity contribution in [3.05, 3.63) is 57.5 Å². The topological polar surface area (TPSA) is 112 Å². The molecule has 7 nitrogen and oxygen atoms in total. The van der Waals surface area contributed by atoms with Crippen molar-refractivity contribution in [1.29, 1.82) is 0 Å². The molecule has 0 radical (unpaired) electrons. The average molecular weight is 463 g/mol. The second-order valence-electron chi connectivity index (χ2n) is 5.14. The summed E-state index contributed by atoms with van der Waals surface area (Å²) in [6.07, 6.45) is -0.458. The number of carboxylic acids is 2. The molecule has 0 aromatic heterocycles. The van der Waals surface area contributed by atoms with Crippen LogP contribution >= 0.6 is 27.5 Å². The number of rotatable bonds is 7. The van der Waals surface area contributed by atoms with Crippen LogP contribution in [-0.4, -0.2) is 37.1 Å². The number of aromatic carboxylic acids is 1. The lowest BCUT2D eigenvalue weighted by molar-refractivity contribution is -0.136. The Morgan fingerprint density at radius 2 is 1.69 bits per heavy atom. The van der Waals surface area contributed by atoms with Crippen LogP contribution in [0.25, 0.3) is 0 Å². The van der Waals surface area contributed by atoms with E-state index in [0.717, 1.165) is 10.4 Å². The molecule has 2 N–H and O–H groups in total. The standard InChI is InChI=1S/C16H13BrClNO6S/c17-10-1-4-12(5-2-10)26(24,25)19(8-7-15(20)21)11-3-6-14(18)13(9-11)16(22)23/h1-6,9H,7-8H2,(H,20,21)(H,22,23). The van der Waals surface area contributed by atoms with Gasteiger partial charge in [0.05, 0.1) is 27.6 Å². The summed E-state index contributed by atoms with van der Waals surface area (Å²) in [6, 6.07) is 9.48. The van der Waals surface area contributed by atoms with Crippen molar-refractivity contribution in [3.8, 4) is 0 Å². The predicted octanol–water partition coefficient (Wildman–Crippen LogP) is 3.47. The van der Waals surface area contributed by atoms with Crippen LogP contribution in [0.15, 0.2) is 51.8 Å². The number of benzene rings is 2. The molecule has 0 unspecified atom stereocenters. The molecule has 0 aliphatic rings. The smallest absolute Gasteiger partial charge is 0.337 e. The number of hydrogen-bond acceptors (Lipinski definition) is 4. The molecular formula is C16H13BrClNO6S. The third-order valence-electron chi connectivity index (χ3n) is 3.40. The van der Waals surface area contributed by atoms with Crippen LogP contribution in [0.2, 0.25) is 5.02 Å². The minimum atomic E-state index is -4.11. The first-order valence-electron chi connectivity index (χ1n) is 7.16. The van der Waals surface area contributed by atoms with Crippen molar-refractivity contribution in [2.24, 2.45) is 0 Å². The fraction of sp³-hybridized carbons (Fsp3) is 0.125. The molecule has 0 fully saturated rings. The molecule has 2 rings (SSSR count). The molecule has 0 amide bonds. The lowest BCUT2D eigenvalue weighted by Gasteiger charge is -2.24. The number of sulfonamides is 1. The van der Waals surface area contributed by atoms with E-state index in [4.69, 9.17) is 16.7 Å². The van der Waals surface area contributed by atoms with Gasteiger partial charge in [0.1, 0.15) is 0 Å². The van der Waals surface area contributed by atoms with Crippen LogP contribution in [0, 0.1) is 0 Å². The van der Waals surface area contributed by atoms with E-state index in [1.807, 2.05) is 0 Å². The molecule has 0 spiro atoms. The maximum atomic E-state index is 13.0. The largest absolute Gasteiger partial charge is 0.481 e. The first-order chi connectivity index (χ1) is 12.1. The van der Waals surface area contributed by atoms with Gasteiger partial charge in [0.2, 0.25) is 0 Å². The zero-order valence-corrected chi connectivity index (χ0v) is 16.3. The van der Waals surface area contributed by atoms with E-state index in [2.05, 4.69) is 15.9 Å².